The van der Waals surface area contributed by atoms with Gasteiger partial charge in [-0.25, -0.2) is 4.79 Å². The fraction of sp³-hybridized carbons (Fsp3) is 0.250. The van der Waals surface area contributed by atoms with Crippen molar-refractivity contribution in [3.05, 3.63) is 71.8 Å². The first-order valence-electron chi connectivity index (χ1n) is 8.52. The molecule has 3 rings (SSSR count). The van der Waals surface area contributed by atoms with Crippen molar-refractivity contribution in [3.8, 4) is 0 Å². The summed E-state index contributed by atoms with van der Waals surface area (Å²) in [6, 6.07) is 15.7. The Morgan fingerprint density at radius 2 is 1.62 bits per heavy atom. The molecule has 1 heterocycles. The number of hydrogen-bond acceptors (Lipinski definition) is 3. The number of nitrogens with zero attached hydrogens (tertiary/aromatic N) is 1. The quantitative estimate of drug-likeness (QED) is 0.864. The Labute approximate surface area is 151 Å². The normalized spacial score (nSPS) is 17.5. The number of aliphatic carboxylic acids is 1. The molecule has 2 atom stereocenters. The number of amides is 2. The summed E-state index contributed by atoms with van der Waals surface area (Å²) in [7, 11) is 0. The number of carbonyl (C=O) groups is 3. The Kier molecular flexibility index (Phi) is 5.31. The zero-order valence-electron chi connectivity index (χ0n) is 14.2. The highest BCUT2D eigenvalue weighted by Crippen LogP contribution is 2.24. The van der Waals surface area contributed by atoms with Crippen LogP contribution in [0.1, 0.15) is 34.8 Å². The molecule has 1 unspecified atom stereocenters. The van der Waals surface area contributed by atoms with Crippen LogP contribution < -0.4 is 5.32 Å². The number of carboxylic acids is 1. The molecular formula is C20H20N2O4. The minimum Gasteiger partial charge on any atom is -0.480 e. The Hall–Kier alpha value is -3.15. The zero-order valence-corrected chi connectivity index (χ0v) is 14.2. The van der Waals surface area contributed by atoms with Gasteiger partial charge in [0.1, 0.15) is 12.1 Å². The van der Waals surface area contributed by atoms with Crippen molar-refractivity contribution in [2.45, 2.75) is 24.9 Å². The van der Waals surface area contributed by atoms with Crippen LogP contribution in [0.2, 0.25) is 0 Å². The highest BCUT2D eigenvalue weighted by atomic mass is 16.4. The van der Waals surface area contributed by atoms with Crippen molar-refractivity contribution in [2.75, 3.05) is 6.54 Å². The molecule has 6 heteroatoms. The Morgan fingerprint density at radius 1 is 1.00 bits per heavy atom. The number of carbonyl (C=O) groups excluding carboxylic acids is 2. The van der Waals surface area contributed by atoms with Crippen LogP contribution in [-0.2, 0) is 9.59 Å². The van der Waals surface area contributed by atoms with Crippen molar-refractivity contribution in [1.29, 1.82) is 0 Å². The van der Waals surface area contributed by atoms with Crippen LogP contribution in [-0.4, -0.2) is 40.4 Å². The van der Waals surface area contributed by atoms with Crippen LogP contribution in [0, 0.1) is 0 Å². The van der Waals surface area contributed by atoms with E-state index in [-0.39, 0.29) is 5.91 Å². The van der Waals surface area contributed by atoms with Crippen molar-refractivity contribution >= 4 is 17.8 Å². The van der Waals surface area contributed by atoms with Gasteiger partial charge in [-0.2, -0.15) is 0 Å². The van der Waals surface area contributed by atoms with E-state index < -0.39 is 24.0 Å². The highest BCUT2D eigenvalue weighted by molar-refractivity contribution is 5.98. The van der Waals surface area contributed by atoms with E-state index >= 15 is 0 Å². The summed E-state index contributed by atoms with van der Waals surface area (Å²) < 4.78 is 0. The molecule has 1 aliphatic rings. The maximum absolute atomic E-state index is 13.1. The first-order valence-corrected chi connectivity index (χ1v) is 8.52. The van der Waals surface area contributed by atoms with Crippen LogP contribution in [0.3, 0.4) is 0 Å². The average Bonchev–Trinajstić information content (AvgIpc) is 3.17. The summed E-state index contributed by atoms with van der Waals surface area (Å²) >= 11 is 0. The Bertz CT molecular complexity index is 792. The molecule has 1 aliphatic heterocycles. The third-order valence-corrected chi connectivity index (χ3v) is 4.51. The van der Waals surface area contributed by atoms with Crippen molar-refractivity contribution in [3.63, 3.8) is 0 Å². The van der Waals surface area contributed by atoms with Crippen LogP contribution in [0.4, 0.5) is 0 Å². The van der Waals surface area contributed by atoms with Crippen LogP contribution >= 0.6 is 0 Å². The van der Waals surface area contributed by atoms with Crippen molar-refractivity contribution in [1.82, 2.24) is 10.2 Å². The second-order valence-electron chi connectivity index (χ2n) is 6.21. The third-order valence-electron chi connectivity index (χ3n) is 4.51. The first kappa shape index (κ1) is 17.7. The van der Waals surface area contributed by atoms with E-state index in [4.69, 9.17) is 0 Å². The van der Waals surface area contributed by atoms with E-state index in [9.17, 15) is 19.5 Å². The monoisotopic (exact) mass is 352 g/mol. The van der Waals surface area contributed by atoms with Gasteiger partial charge < -0.3 is 15.3 Å². The topological polar surface area (TPSA) is 86.7 Å². The molecule has 0 aromatic heterocycles. The molecule has 0 aliphatic carbocycles. The minimum atomic E-state index is -1.02. The number of nitrogens with one attached hydrogen (secondary N) is 1. The second-order valence-corrected chi connectivity index (χ2v) is 6.21. The lowest BCUT2D eigenvalue weighted by Crippen LogP contribution is -2.47. The van der Waals surface area contributed by atoms with Gasteiger partial charge >= 0.3 is 5.97 Å². The molecule has 1 fully saturated rings. The molecule has 0 radical (unpaired) electrons. The summed E-state index contributed by atoms with van der Waals surface area (Å²) in [5.74, 6) is -1.79. The fourth-order valence-corrected chi connectivity index (χ4v) is 3.19. The standard InChI is InChI=1S/C20H20N2O4/c23-18(15-10-5-2-6-11-15)21-17(14-8-3-1-4-9-14)19(24)22-13-7-12-16(22)20(25)26/h1-6,8-11,16-17H,7,12-13H2,(H,21,23)(H,25,26)/t16-,17?/m1/s1. The Morgan fingerprint density at radius 3 is 2.23 bits per heavy atom. The van der Waals surface area contributed by atoms with E-state index in [1.807, 2.05) is 6.07 Å². The maximum atomic E-state index is 13.1. The maximum Gasteiger partial charge on any atom is 0.326 e. The van der Waals surface area contributed by atoms with E-state index in [1.54, 1.807) is 54.6 Å². The molecule has 0 spiro atoms. The number of rotatable bonds is 5. The summed E-state index contributed by atoms with van der Waals surface area (Å²) in [5.41, 5.74) is 1.07. The van der Waals surface area contributed by atoms with Gasteiger partial charge in [0.25, 0.3) is 11.8 Å². The highest BCUT2D eigenvalue weighted by Gasteiger charge is 2.38. The van der Waals surface area contributed by atoms with E-state index in [0.717, 1.165) is 0 Å². The van der Waals surface area contributed by atoms with Gasteiger partial charge in [-0.15, -0.1) is 0 Å². The van der Waals surface area contributed by atoms with Crippen LogP contribution in [0.5, 0.6) is 0 Å². The van der Waals surface area contributed by atoms with Gasteiger partial charge in [-0.05, 0) is 30.5 Å². The third kappa shape index (κ3) is 3.74. The molecule has 2 amide bonds. The van der Waals surface area contributed by atoms with Gasteiger partial charge in [0, 0.05) is 12.1 Å². The number of hydrogen-bond donors (Lipinski definition) is 2. The lowest BCUT2D eigenvalue weighted by atomic mass is 10.0. The van der Waals surface area contributed by atoms with Crippen LogP contribution in [0.25, 0.3) is 0 Å². The summed E-state index contributed by atoms with van der Waals surface area (Å²) in [6.07, 6.45) is 1.06. The van der Waals surface area contributed by atoms with Gasteiger partial charge in [0.05, 0.1) is 0 Å². The second kappa shape index (κ2) is 7.82. The Balaban J connectivity index is 1.88. The molecule has 26 heavy (non-hydrogen) atoms. The number of likely N-dealkylation sites (tertiary alicyclic amines) is 1. The SMILES string of the molecule is O=C(NC(C(=O)N1CCC[C@@H]1C(=O)O)c1ccccc1)c1ccccc1. The molecular weight excluding hydrogens is 332 g/mol. The molecule has 2 aromatic carbocycles. The van der Waals surface area contributed by atoms with E-state index in [0.29, 0.717) is 30.5 Å². The predicted molar refractivity (Wildman–Crippen MR) is 95.5 cm³/mol. The van der Waals surface area contributed by atoms with E-state index in [2.05, 4.69) is 5.32 Å². The van der Waals surface area contributed by atoms with Crippen molar-refractivity contribution in [2.24, 2.45) is 0 Å². The van der Waals surface area contributed by atoms with Gasteiger partial charge in [-0.3, -0.25) is 9.59 Å². The lowest BCUT2D eigenvalue weighted by Gasteiger charge is -2.27. The number of benzene rings is 2. The zero-order chi connectivity index (χ0) is 18.5. The smallest absolute Gasteiger partial charge is 0.326 e. The van der Waals surface area contributed by atoms with Gasteiger partial charge in [0.2, 0.25) is 0 Å². The summed E-state index contributed by atoms with van der Waals surface area (Å²) in [5, 5.41) is 12.1. The molecule has 0 bridgehead atoms. The van der Waals surface area contributed by atoms with Gasteiger partial charge in [0.15, 0.2) is 0 Å². The molecule has 0 saturated carbocycles. The number of carboxylic acid groups (broad SMARTS) is 1. The average molecular weight is 352 g/mol. The predicted octanol–water partition coefficient (Wildman–Crippen LogP) is 2.23. The summed E-state index contributed by atoms with van der Waals surface area (Å²) in [4.78, 5) is 38.4. The first-order chi connectivity index (χ1) is 12.6. The fourth-order valence-electron chi connectivity index (χ4n) is 3.19. The summed E-state index contributed by atoms with van der Waals surface area (Å²) in [6.45, 7) is 0.375. The molecule has 134 valence electrons. The molecule has 1 saturated heterocycles. The molecule has 2 aromatic rings. The molecule has 2 N–H and O–H groups in total. The molecule has 6 nitrogen and oxygen atoms in total. The van der Waals surface area contributed by atoms with E-state index in [1.165, 1.54) is 4.90 Å². The van der Waals surface area contributed by atoms with Gasteiger partial charge in [-0.1, -0.05) is 48.5 Å². The largest absolute Gasteiger partial charge is 0.480 e. The van der Waals surface area contributed by atoms with Crippen LogP contribution in [0.15, 0.2) is 60.7 Å². The van der Waals surface area contributed by atoms with Crippen molar-refractivity contribution < 1.29 is 19.5 Å². The minimum absolute atomic E-state index is 0.375. The lowest BCUT2D eigenvalue weighted by molar-refractivity contribution is -0.149.